The molecule has 0 aromatic carbocycles. The standard InChI is InChI=1S/C16H21N3O2/c1-10(2)18-8-7-12(9-18)15-17-14(16(20)21)13-6-4-5-11(3)19(13)15/h4-6,10,12H,7-9H2,1-3H3,(H,20,21). The lowest BCUT2D eigenvalue weighted by Gasteiger charge is -2.20. The molecule has 0 aliphatic carbocycles. The Morgan fingerprint density at radius 3 is 2.81 bits per heavy atom. The molecule has 1 aliphatic rings. The fraction of sp³-hybridized carbons (Fsp3) is 0.500. The smallest absolute Gasteiger partial charge is 0.356 e. The highest BCUT2D eigenvalue weighted by Crippen LogP contribution is 2.30. The van der Waals surface area contributed by atoms with Crippen LogP contribution in [-0.2, 0) is 0 Å². The summed E-state index contributed by atoms with van der Waals surface area (Å²) >= 11 is 0. The third-order valence-corrected chi connectivity index (χ3v) is 4.40. The Bertz CT molecular complexity index is 690. The highest BCUT2D eigenvalue weighted by Gasteiger charge is 2.30. The Balaban J connectivity index is 2.09. The van der Waals surface area contributed by atoms with Gasteiger partial charge in [0.25, 0.3) is 0 Å². The highest BCUT2D eigenvalue weighted by atomic mass is 16.4. The zero-order chi connectivity index (χ0) is 15.1. The predicted octanol–water partition coefficient (Wildman–Crippen LogP) is 2.54. The molecule has 5 nitrogen and oxygen atoms in total. The summed E-state index contributed by atoms with van der Waals surface area (Å²) in [5.41, 5.74) is 1.89. The number of likely N-dealkylation sites (tertiary alicyclic amines) is 1. The van der Waals surface area contributed by atoms with Crippen LogP contribution >= 0.6 is 0 Å². The summed E-state index contributed by atoms with van der Waals surface area (Å²) in [6, 6.07) is 6.24. The minimum Gasteiger partial charge on any atom is -0.476 e. The average Bonchev–Trinajstić information content (AvgIpc) is 3.03. The lowest BCUT2D eigenvalue weighted by molar-refractivity contribution is 0.0693. The molecule has 2 aromatic rings. The number of hydrogen-bond acceptors (Lipinski definition) is 3. The number of carboxylic acid groups (broad SMARTS) is 1. The van der Waals surface area contributed by atoms with E-state index in [1.807, 2.05) is 29.5 Å². The van der Waals surface area contributed by atoms with Gasteiger partial charge < -0.3 is 10.0 Å². The fourth-order valence-electron chi connectivity index (χ4n) is 3.23. The summed E-state index contributed by atoms with van der Waals surface area (Å²) in [6.07, 6.45) is 1.03. The van der Waals surface area contributed by atoms with Gasteiger partial charge in [-0.2, -0.15) is 0 Å². The maximum atomic E-state index is 11.4. The normalized spacial score (nSPS) is 19.7. The first-order valence-electron chi connectivity index (χ1n) is 7.44. The van der Waals surface area contributed by atoms with Gasteiger partial charge in [0, 0.05) is 24.2 Å². The number of aryl methyl sites for hydroxylation is 1. The summed E-state index contributed by atoms with van der Waals surface area (Å²) in [4.78, 5) is 18.3. The van der Waals surface area contributed by atoms with Crippen LogP contribution in [0.3, 0.4) is 0 Å². The Hall–Kier alpha value is -1.88. The van der Waals surface area contributed by atoms with E-state index in [0.717, 1.165) is 31.0 Å². The van der Waals surface area contributed by atoms with Gasteiger partial charge in [0.15, 0.2) is 5.69 Å². The minimum absolute atomic E-state index is 0.164. The molecule has 0 bridgehead atoms. The van der Waals surface area contributed by atoms with E-state index in [4.69, 9.17) is 0 Å². The topological polar surface area (TPSA) is 57.8 Å². The molecule has 1 atom stereocenters. The summed E-state index contributed by atoms with van der Waals surface area (Å²) in [7, 11) is 0. The molecular formula is C16H21N3O2. The van der Waals surface area contributed by atoms with Gasteiger partial charge in [0.2, 0.25) is 0 Å². The van der Waals surface area contributed by atoms with Gasteiger partial charge in [-0.25, -0.2) is 9.78 Å². The predicted molar refractivity (Wildman–Crippen MR) is 81.0 cm³/mol. The molecule has 2 aromatic heterocycles. The van der Waals surface area contributed by atoms with Crippen LogP contribution in [0.2, 0.25) is 0 Å². The molecule has 1 N–H and O–H groups in total. The van der Waals surface area contributed by atoms with Crippen molar-refractivity contribution in [1.82, 2.24) is 14.3 Å². The average molecular weight is 287 g/mol. The largest absolute Gasteiger partial charge is 0.476 e. The first kappa shape index (κ1) is 14.1. The van der Waals surface area contributed by atoms with E-state index in [1.54, 1.807) is 0 Å². The van der Waals surface area contributed by atoms with Crippen LogP contribution in [0.5, 0.6) is 0 Å². The van der Waals surface area contributed by atoms with Crippen molar-refractivity contribution in [2.24, 2.45) is 0 Å². The van der Waals surface area contributed by atoms with Crippen molar-refractivity contribution in [3.05, 3.63) is 35.4 Å². The van der Waals surface area contributed by atoms with E-state index >= 15 is 0 Å². The number of fused-ring (bicyclic) bond motifs is 1. The van der Waals surface area contributed by atoms with Crippen molar-refractivity contribution in [3.63, 3.8) is 0 Å². The van der Waals surface area contributed by atoms with E-state index in [2.05, 4.69) is 23.7 Å². The molecule has 0 radical (unpaired) electrons. The molecule has 0 saturated carbocycles. The van der Waals surface area contributed by atoms with Crippen LogP contribution < -0.4 is 0 Å². The summed E-state index contributed by atoms with van der Waals surface area (Å²) in [6.45, 7) is 8.38. The summed E-state index contributed by atoms with van der Waals surface area (Å²) in [5.74, 6) is 0.237. The van der Waals surface area contributed by atoms with E-state index in [9.17, 15) is 9.90 Å². The van der Waals surface area contributed by atoms with E-state index in [-0.39, 0.29) is 5.69 Å². The van der Waals surface area contributed by atoms with E-state index < -0.39 is 5.97 Å². The van der Waals surface area contributed by atoms with E-state index in [0.29, 0.717) is 17.5 Å². The molecule has 112 valence electrons. The number of nitrogens with zero attached hydrogens (tertiary/aromatic N) is 3. The molecule has 1 unspecified atom stereocenters. The third kappa shape index (κ3) is 2.31. The lowest BCUT2D eigenvalue weighted by atomic mass is 10.1. The monoisotopic (exact) mass is 287 g/mol. The second-order valence-electron chi connectivity index (χ2n) is 6.09. The number of aromatic nitrogens is 2. The van der Waals surface area contributed by atoms with Crippen LogP contribution in [0.25, 0.3) is 5.52 Å². The molecule has 3 heterocycles. The van der Waals surface area contributed by atoms with Gasteiger partial charge in [-0.15, -0.1) is 0 Å². The molecule has 5 heteroatoms. The maximum Gasteiger partial charge on any atom is 0.356 e. The van der Waals surface area contributed by atoms with Crippen LogP contribution in [0.4, 0.5) is 0 Å². The van der Waals surface area contributed by atoms with Gasteiger partial charge >= 0.3 is 5.97 Å². The first-order chi connectivity index (χ1) is 9.99. The van der Waals surface area contributed by atoms with Crippen molar-refractivity contribution in [3.8, 4) is 0 Å². The Labute approximate surface area is 124 Å². The lowest BCUT2D eigenvalue weighted by Crippen LogP contribution is -2.28. The Morgan fingerprint density at radius 1 is 1.43 bits per heavy atom. The van der Waals surface area contributed by atoms with Gasteiger partial charge in [-0.05, 0) is 45.9 Å². The zero-order valence-corrected chi connectivity index (χ0v) is 12.7. The van der Waals surface area contributed by atoms with Gasteiger partial charge in [0.05, 0.1) is 5.52 Å². The van der Waals surface area contributed by atoms with Crippen LogP contribution in [0.1, 0.15) is 48.2 Å². The number of rotatable bonds is 3. The minimum atomic E-state index is -0.955. The number of aromatic carboxylic acids is 1. The molecular weight excluding hydrogens is 266 g/mol. The number of carbonyl (C=O) groups is 1. The van der Waals surface area contributed by atoms with Crippen molar-refractivity contribution < 1.29 is 9.90 Å². The Kier molecular flexibility index (Phi) is 3.45. The van der Waals surface area contributed by atoms with Gasteiger partial charge in [0.1, 0.15) is 5.82 Å². The number of hydrogen-bond donors (Lipinski definition) is 1. The van der Waals surface area contributed by atoms with Crippen LogP contribution in [0.15, 0.2) is 18.2 Å². The zero-order valence-electron chi connectivity index (χ0n) is 12.7. The highest BCUT2D eigenvalue weighted by molar-refractivity contribution is 5.93. The quantitative estimate of drug-likeness (QED) is 0.942. The number of carboxylic acids is 1. The Morgan fingerprint density at radius 2 is 2.19 bits per heavy atom. The van der Waals surface area contributed by atoms with Crippen molar-refractivity contribution in [2.45, 2.75) is 39.2 Å². The summed E-state index contributed by atoms with van der Waals surface area (Å²) < 4.78 is 2.01. The maximum absolute atomic E-state index is 11.4. The molecule has 1 saturated heterocycles. The second kappa shape index (κ2) is 5.15. The molecule has 0 spiro atoms. The number of pyridine rings is 1. The van der Waals surface area contributed by atoms with Crippen molar-refractivity contribution in [2.75, 3.05) is 13.1 Å². The molecule has 0 amide bonds. The van der Waals surface area contributed by atoms with Crippen molar-refractivity contribution in [1.29, 1.82) is 0 Å². The molecule has 1 fully saturated rings. The SMILES string of the molecule is Cc1cccc2c(C(=O)O)nc(C3CCN(C(C)C)C3)n12. The first-order valence-corrected chi connectivity index (χ1v) is 7.44. The van der Waals surface area contributed by atoms with Crippen LogP contribution in [-0.4, -0.2) is 44.5 Å². The second-order valence-corrected chi connectivity index (χ2v) is 6.09. The molecule has 3 rings (SSSR count). The molecule has 1 aliphatic heterocycles. The van der Waals surface area contributed by atoms with Gasteiger partial charge in [-0.1, -0.05) is 6.07 Å². The van der Waals surface area contributed by atoms with Crippen LogP contribution in [0, 0.1) is 6.92 Å². The molecule has 21 heavy (non-hydrogen) atoms. The van der Waals surface area contributed by atoms with Gasteiger partial charge in [-0.3, -0.25) is 4.40 Å². The fourth-order valence-corrected chi connectivity index (χ4v) is 3.23. The van der Waals surface area contributed by atoms with Crippen molar-refractivity contribution >= 4 is 11.5 Å². The van der Waals surface area contributed by atoms with E-state index in [1.165, 1.54) is 0 Å². The summed E-state index contributed by atoms with van der Waals surface area (Å²) in [5, 5.41) is 9.38. The third-order valence-electron chi connectivity index (χ3n) is 4.40. The number of imidazole rings is 1.